The molecule has 1 aliphatic heterocycles. The van der Waals surface area contributed by atoms with Crippen LogP contribution in [0.5, 0.6) is 0 Å². The lowest BCUT2D eigenvalue weighted by molar-refractivity contribution is 0.182. The van der Waals surface area contributed by atoms with Crippen molar-refractivity contribution in [3.05, 3.63) is 46.0 Å². The highest BCUT2D eigenvalue weighted by molar-refractivity contribution is 5.35. The lowest BCUT2D eigenvalue weighted by Gasteiger charge is -2.21. The minimum atomic E-state index is -0.135. The van der Waals surface area contributed by atoms with E-state index in [2.05, 4.69) is 20.6 Å². The molecule has 7 heteroatoms. The Bertz CT molecular complexity index is 754. The number of anilines is 1. The summed E-state index contributed by atoms with van der Waals surface area (Å²) < 4.78 is 7.15. The molecule has 1 aliphatic carbocycles. The number of rotatable bonds is 4. The zero-order chi connectivity index (χ0) is 15.8. The first-order valence-corrected chi connectivity index (χ1v) is 7.95. The summed E-state index contributed by atoms with van der Waals surface area (Å²) >= 11 is 0. The second-order valence-corrected chi connectivity index (χ2v) is 6.23. The van der Waals surface area contributed by atoms with Crippen LogP contribution in [0.25, 0.3) is 0 Å². The quantitative estimate of drug-likeness (QED) is 0.915. The number of nitrogens with zero attached hydrogens (tertiary/aromatic N) is 4. The third kappa shape index (κ3) is 2.96. The van der Waals surface area contributed by atoms with E-state index in [-0.39, 0.29) is 17.6 Å². The molecule has 2 unspecified atom stereocenters. The number of aryl methyl sites for hydroxylation is 1. The number of hydrogen-bond donors (Lipinski definition) is 1. The second-order valence-electron chi connectivity index (χ2n) is 6.23. The van der Waals surface area contributed by atoms with Gasteiger partial charge in [0.25, 0.3) is 5.56 Å². The van der Waals surface area contributed by atoms with Crippen molar-refractivity contribution in [2.75, 3.05) is 18.5 Å². The van der Waals surface area contributed by atoms with Crippen molar-refractivity contribution < 1.29 is 4.74 Å². The molecule has 0 radical (unpaired) electrons. The zero-order valence-electron chi connectivity index (χ0n) is 13.0. The fraction of sp³-hybridized carbons (Fsp3) is 0.500. The van der Waals surface area contributed by atoms with Crippen molar-refractivity contribution in [2.24, 2.45) is 0 Å². The van der Waals surface area contributed by atoms with Gasteiger partial charge in [-0.15, -0.1) is 5.10 Å². The molecule has 1 saturated carbocycles. The molecule has 1 saturated heterocycles. The van der Waals surface area contributed by atoms with Crippen LogP contribution in [0.3, 0.4) is 0 Å². The molecule has 1 N–H and O–H groups in total. The lowest BCUT2D eigenvalue weighted by Crippen LogP contribution is -2.37. The topological polar surface area (TPSA) is 81.9 Å². The average molecular weight is 313 g/mol. The Morgan fingerprint density at radius 2 is 2.04 bits per heavy atom. The summed E-state index contributed by atoms with van der Waals surface area (Å²) in [6, 6.07) is 7.06. The molecule has 3 heterocycles. The fourth-order valence-electron chi connectivity index (χ4n) is 2.86. The van der Waals surface area contributed by atoms with Crippen molar-refractivity contribution in [3.8, 4) is 0 Å². The van der Waals surface area contributed by atoms with Gasteiger partial charge in [0.1, 0.15) is 11.9 Å². The van der Waals surface area contributed by atoms with Gasteiger partial charge in [-0.1, -0.05) is 0 Å². The predicted octanol–water partition coefficient (Wildman–Crippen LogP) is 1.27. The Balaban J connectivity index is 1.58. The van der Waals surface area contributed by atoms with E-state index in [0.29, 0.717) is 24.9 Å². The van der Waals surface area contributed by atoms with Gasteiger partial charge >= 0.3 is 0 Å². The van der Waals surface area contributed by atoms with Crippen LogP contribution in [0, 0.1) is 6.92 Å². The standard InChI is InChI=1S/C16H19N5O2/c1-10-2-6-15(19-18-10)17-13-8-23-9-14(13)21-16(22)7-5-12(20-21)11-3-4-11/h2,5-7,11,13-14H,3-4,8-9H2,1H3,(H,17,19). The minimum Gasteiger partial charge on any atom is -0.377 e. The summed E-state index contributed by atoms with van der Waals surface area (Å²) in [5, 5.41) is 16.0. The summed E-state index contributed by atoms with van der Waals surface area (Å²) in [7, 11) is 0. The van der Waals surface area contributed by atoms with Crippen LogP contribution >= 0.6 is 0 Å². The molecule has 0 amide bonds. The molecule has 2 fully saturated rings. The van der Waals surface area contributed by atoms with Crippen molar-refractivity contribution in [3.63, 3.8) is 0 Å². The van der Waals surface area contributed by atoms with Crippen LogP contribution in [0.4, 0.5) is 5.82 Å². The number of nitrogens with one attached hydrogen (secondary N) is 1. The predicted molar refractivity (Wildman–Crippen MR) is 84.5 cm³/mol. The van der Waals surface area contributed by atoms with E-state index in [1.54, 1.807) is 10.7 Å². The maximum atomic E-state index is 12.2. The molecule has 2 aromatic heterocycles. The van der Waals surface area contributed by atoms with Crippen molar-refractivity contribution >= 4 is 5.82 Å². The fourth-order valence-corrected chi connectivity index (χ4v) is 2.86. The monoisotopic (exact) mass is 313 g/mol. The third-order valence-corrected chi connectivity index (χ3v) is 4.34. The molecule has 0 bridgehead atoms. The van der Waals surface area contributed by atoms with Crippen LogP contribution in [0.2, 0.25) is 0 Å². The van der Waals surface area contributed by atoms with E-state index in [0.717, 1.165) is 24.2 Å². The van der Waals surface area contributed by atoms with Crippen LogP contribution in [-0.4, -0.2) is 39.2 Å². The van der Waals surface area contributed by atoms with Crippen molar-refractivity contribution in [2.45, 2.75) is 37.8 Å². The normalized spacial score (nSPS) is 23.9. The van der Waals surface area contributed by atoms with E-state index in [4.69, 9.17) is 4.74 Å². The van der Waals surface area contributed by atoms with Crippen molar-refractivity contribution in [1.29, 1.82) is 0 Å². The van der Waals surface area contributed by atoms with Gasteiger partial charge in [0, 0.05) is 12.0 Å². The maximum Gasteiger partial charge on any atom is 0.267 e. The summed E-state index contributed by atoms with van der Waals surface area (Å²) in [6.07, 6.45) is 2.32. The molecule has 0 spiro atoms. The summed E-state index contributed by atoms with van der Waals surface area (Å²) in [5.74, 6) is 1.20. The Hall–Kier alpha value is -2.28. The van der Waals surface area contributed by atoms with Gasteiger partial charge < -0.3 is 10.1 Å². The molecule has 4 rings (SSSR count). The van der Waals surface area contributed by atoms with Crippen LogP contribution < -0.4 is 10.9 Å². The molecule has 120 valence electrons. The maximum absolute atomic E-state index is 12.2. The molecular formula is C16H19N5O2. The van der Waals surface area contributed by atoms with Gasteiger partial charge in [-0.25, -0.2) is 4.68 Å². The smallest absolute Gasteiger partial charge is 0.267 e. The van der Waals surface area contributed by atoms with Gasteiger partial charge in [0.05, 0.1) is 30.6 Å². The molecule has 2 atom stereocenters. The highest BCUT2D eigenvalue weighted by Crippen LogP contribution is 2.38. The van der Waals surface area contributed by atoms with E-state index >= 15 is 0 Å². The van der Waals surface area contributed by atoms with Crippen LogP contribution in [-0.2, 0) is 4.74 Å². The van der Waals surface area contributed by atoms with Gasteiger partial charge in [-0.2, -0.15) is 10.2 Å². The Kier molecular flexibility index (Phi) is 3.57. The Morgan fingerprint density at radius 3 is 2.78 bits per heavy atom. The largest absolute Gasteiger partial charge is 0.377 e. The Morgan fingerprint density at radius 1 is 1.17 bits per heavy atom. The summed E-state index contributed by atoms with van der Waals surface area (Å²) in [6.45, 7) is 2.88. The number of ether oxygens (including phenoxy) is 1. The van der Waals surface area contributed by atoms with E-state index in [9.17, 15) is 4.79 Å². The molecule has 2 aliphatic rings. The minimum absolute atomic E-state index is 0.0494. The molecule has 23 heavy (non-hydrogen) atoms. The highest BCUT2D eigenvalue weighted by atomic mass is 16.5. The van der Waals surface area contributed by atoms with Gasteiger partial charge in [0.15, 0.2) is 0 Å². The SMILES string of the molecule is Cc1ccc(NC2COCC2n2nc(C3CC3)ccc2=O)nn1. The van der Waals surface area contributed by atoms with Gasteiger partial charge in [-0.3, -0.25) is 4.79 Å². The van der Waals surface area contributed by atoms with E-state index in [1.165, 1.54) is 0 Å². The highest BCUT2D eigenvalue weighted by Gasteiger charge is 2.33. The van der Waals surface area contributed by atoms with E-state index in [1.807, 2.05) is 25.1 Å². The third-order valence-electron chi connectivity index (χ3n) is 4.34. The van der Waals surface area contributed by atoms with Gasteiger partial charge in [0.2, 0.25) is 0 Å². The molecule has 7 nitrogen and oxygen atoms in total. The summed E-state index contributed by atoms with van der Waals surface area (Å²) in [5.41, 5.74) is 1.78. The van der Waals surface area contributed by atoms with Gasteiger partial charge in [-0.05, 0) is 38.0 Å². The summed E-state index contributed by atoms with van der Waals surface area (Å²) in [4.78, 5) is 12.2. The van der Waals surface area contributed by atoms with Crippen molar-refractivity contribution in [1.82, 2.24) is 20.0 Å². The lowest BCUT2D eigenvalue weighted by atomic mass is 10.1. The second kappa shape index (κ2) is 5.73. The molecule has 2 aromatic rings. The average Bonchev–Trinajstić information content (AvgIpc) is 3.30. The zero-order valence-corrected chi connectivity index (χ0v) is 13.0. The number of aromatic nitrogens is 4. The van der Waals surface area contributed by atoms with E-state index < -0.39 is 0 Å². The number of hydrogen-bond acceptors (Lipinski definition) is 6. The first kappa shape index (κ1) is 14.3. The van der Waals surface area contributed by atoms with Crippen LogP contribution in [0.15, 0.2) is 29.1 Å². The Labute approximate surface area is 133 Å². The van der Waals surface area contributed by atoms with Crippen LogP contribution in [0.1, 0.15) is 36.2 Å². The molecule has 0 aromatic carbocycles. The first-order valence-electron chi connectivity index (χ1n) is 7.95. The molecular weight excluding hydrogens is 294 g/mol. The first-order chi connectivity index (χ1) is 11.2.